The van der Waals surface area contributed by atoms with Crippen LogP contribution in [0.2, 0.25) is 0 Å². The van der Waals surface area contributed by atoms with Gasteiger partial charge in [0.1, 0.15) is 18.1 Å². The molecule has 0 bridgehead atoms. The molecule has 2 aromatic rings. The van der Waals surface area contributed by atoms with Crippen LogP contribution >= 0.6 is 0 Å². The minimum absolute atomic E-state index is 0.00696. The quantitative estimate of drug-likeness (QED) is 0.0943. The highest BCUT2D eigenvalue weighted by Crippen LogP contribution is 2.15. The number of likely N-dealkylation sites (tertiary alicyclic amines) is 1. The Balaban J connectivity index is 1.73. The lowest BCUT2D eigenvalue weighted by molar-refractivity contribution is -0.145. The molecule has 8 N–H and O–H groups in total. The summed E-state index contributed by atoms with van der Waals surface area (Å²) < 4.78 is 0. The summed E-state index contributed by atoms with van der Waals surface area (Å²) in [6.07, 6.45) is 3.27. The van der Waals surface area contributed by atoms with Gasteiger partial charge in [0.25, 0.3) is 0 Å². The van der Waals surface area contributed by atoms with E-state index in [1.54, 1.807) is 4.90 Å². The Bertz CT molecular complexity index is 1500. The molecule has 0 aliphatic carbocycles. The molecule has 0 radical (unpaired) electrons. The highest BCUT2D eigenvalue weighted by molar-refractivity contribution is 6.34. The van der Waals surface area contributed by atoms with Crippen LogP contribution in [0, 0.1) is 5.92 Å². The highest BCUT2D eigenvalue weighted by Gasteiger charge is 2.34. The number of carbonyl (C=O) groups excluding carboxylic acids is 6. The number of hydrogen-bond donors (Lipinski definition) is 6. The summed E-state index contributed by atoms with van der Waals surface area (Å²) in [6, 6.07) is 14.6. The number of nitrogens with two attached hydrogens (primary N) is 2. The van der Waals surface area contributed by atoms with E-state index in [1.807, 2.05) is 74.5 Å². The van der Waals surface area contributed by atoms with Crippen molar-refractivity contribution in [3.63, 3.8) is 0 Å². The summed E-state index contributed by atoms with van der Waals surface area (Å²) in [5, 5.41) is 11.3. The summed E-state index contributed by atoms with van der Waals surface area (Å²) >= 11 is 0. The van der Waals surface area contributed by atoms with Crippen molar-refractivity contribution in [2.45, 2.75) is 95.4 Å². The number of nitrogens with zero attached hydrogens (tertiary/aromatic N) is 2. The number of piperidine rings is 1. The number of amides is 6. The number of likely N-dealkylation sites (N-methyl/N-ethyl adjacent to an activating group) is 1. The molecule has 53 heavy (non-hydrogen) atoms. The van der Waals surface area contributed by atoms with E-state index in [0.29, 0.717) is 51.7 Å². The number of unbranched alkanes of at least 4 members (excludes halogenated alkanes) is 1. The summed E-state index contributed by atoms with van der Waals surface area (Å²) in [5.41, 5.74) is 13.7. The van der Waals surface area contributed by atoms with E-state index < -0.39 is 53.7 Å². The van der Waals surface area contributed by atoms with Crippen LogP contribution in [0.25, 0.3) is 0 Å². The molecule has 290 valence electrons. The molecule has 1 saturated heterocycles. The molecule has 14 heteroatoms. The first-order chi connectivity index (χ1) is 25.3. The maximum Gasteiger partial charge on any atom is 0.311 e. The smallest absolute Gasteiger partial charge is 0.311 e. The SMILES string of the molecule is CC(C)C[C@@H](NC(=O)[C@@H](Cc1ccccc1)NC(=O)[C@H](N)Cc1ccccc1)C(=O)N[C@H](CCCCN)C(=O)N1CCC(NC(=O)C(=O)N(C)C)CC1. The first-order valence-electron chi connectivity index (χ1n) is 18.5. The van der Waals surface area contributed by atoms with Gasteiger partial charge in [-0.05, 0) is 68.5 Å². The Morgan fingerprint density at radius 2 is 1.28 bits per heavy atom. The minimum Gasteiger partial charge on any atom is -0.345 e. The first-order valence-corrected chi connectivity index (χ1v) is 18.5. The predicted molar refractivity (Wildman–Crippen MR) is 203 cm³/mol. The number of benzene rings is 2. The zero-order valence-corrected chi connectivity index (χ0v) is 31.5. The Kier molecular flexibility index (Phi) is 17.4. The van der Waals surface area contributed by atoms with Crippen LogP contribution in [0.5, 0.6) is 0 Å². The van der Waals surface area contributed by atoms with E-state index in [9.17, 15) is 28.8 Å². The van der Waals surface area contributed by atoms with Crippen LogP contribution in [-0.4, -0.2) is 109 Å². The van der Waals surface area contributed by atoms with Crippen molar-refractivity contribution in [3.8, 4) is 0 Å². The third-order valence-corrected chi connectivity index (χ3v) is 9.19. The highest BCUT2D eigenvalue weighted by atomic mass is 16.2. The van der Waals surface area contributed by atoms with Gasteiger partial charge < -0.3 is 42.5 Å². The molecule has 2 aromatic carbocycles. The van der Waals surface area contributed by atoms with Crippen LogP contribution < -0.4 is 32.7 Å². The van der Waals surface area contributed by atoms with Crippen molar-refractivity contribution in [2.24, 2.45) is 17.4 Å². The van der Waals surface area contributed by atoms with Crippen molar-refractivity contribution >= 4 is 35.4 Å². The Hall–Kier alpha value is -4.82. The third-order valence-electron chi connectivity index (χ3n) is 9.19. The Labute approximate surface area is 313 Å². The summed E-state index contributed by atoms with van der Waals surface area (Å²) in [5.74, 6) is -3.13. The number of nitrogens with one attached hydrogen (secondary N) is 4. The fourth-order valence-corrected chi connectivity index (χ4v) is 6.21. The van der Waals surface area contributed by atoms with Crippen LogP contribution in [0.1, 0.15) is 63.5 Å². The second-order valence-electron chi connectivity index (χ2n) is 14.4. The lowest BCUT2D eigenvalue weighted by Gasteiger charge is -2.35. The molecule has 0 aromatic heterocycles. The van der Waals surface area contributed by atoms with Crippen molar-refractivity contribution in [3.05, 3.63) is 71.8 Å². The molecule has 0 spiro atoms. The van der Waals surface area contributed by atoms with Gasteiger partial charge in [0, 0.05) is 39.6 Å². The first kappa shape index (κ1) is 42.6. The molecule has 1 aliphatic heterocycles. The van der Waals surface area contributed by atoms with Gasteiger partial charge in [-0.1, -0.05) is 74.5 Å². The fraction of sp³-hybridized carbons (Fsp3) is 0.538. The average Bonchev–Trinajstić information content (AvgIpc) is 3.14. The number of rotatable bonds is 18. The summed E-state index contributed by atoms with van der Waals surface area (Å²) in [4.78, 5) is 82.1. The monoisotopic (exact) mass is 734 g/mol. The molecule has 4 atom stereocenters. The molecule has 1 heterocycles. The van der Waals surface area contributed by atoms with Crippen molar-refractivity contribution in [1.29, 1.82) is 0 Å². The van der Waals surface area contributed by atoms with Crippen molar-refractivity contribution in [2.75, 3.05) is 33.7 Å². The van der Waals surface area contributed by atoms with Gasteiger partial charge in [0.2, 0.25) is 23.6 Å². The van der Waals surface area contributed by atoms with E-state index in [-0.39, 0.29) is 37.1 Å². The molecule has 3 rings (SSSR count). The zero-order chi connectivity index (χ0) is 38.9. The molecular weight excluding hydrogens is 676 g/mol. The fourth-order valence-electron chi connectivity index (χ4n) is 6.21. The van der Waals surface area contributed by atoms with Gasteiger partial charge in [0.05, 0.1) is 6.04 Å². The van der Waals surface area contributed by atoms with Crippen molar-refractivity contribution < 1.29 is 28.8 Å². The van der Waals surface area contributed by atoms with Crippen LogP contribution in [-0.2, 0) is 41.6 Å². The minimum atomic E-state index is -1.02. The van der Waals surface area contributed by atoms with E-state index in [0.717, 1.165) is 11.1 Å². The second-order valence-corrected chi connectivity index (χ2v) is 14.4. The molecule has 1 aliphatic rings. The van der Waals surface area contributed by atoms with Gasteiger partial charge in [-0.25, -0.2) is 0 Å². The largest absolute Gasteiger partial charge is 0.345 e. The van der Waals surface area contributed by atoms with Crippen LogP contribution in [0.3, 0.4) is 0 Å². The third kappa shape index (κ3) is 14.3. The topological polar surface area (TPSA) is 209 Å². The average molecular weight is 735 g/mol. The van der Waals surface area contributed by atoms with Crippen LogP contribution in [0.4, 0.5) is 0 Å². The standard InChI is InChI=1S/C39H58N8O6/c1-26(2)23-32(45-36(50)33(25-28-15-9-6-10-16-28)44-34(48)30(41)24-27-13-7-5-8-14-27)35(49)43-31(17-11-12-20-40)38(52)47-21-18-29(19-22-47)42-37(51)39(53)46(3)4/h5-10,13-16,26,29-33H,11-12,17-25,40-41H2,1-4H3,(H,42,51)(H,43,49)(H,44,48)(H,45,50)/t30-,31-,32-,33-/m1/s1. The van der Waals surface area contributed by atoms with Crippen LogP contribution in [0.15, 0.2) is 60.7 Å². The molecule has 1 fully saturated rings. The van der Waals surface area contributed by atoms with Crippen molar-refractivity contribution in [1.82, 2.24) is 31.1 Å². The Morgan fingerprint density at radius 1 is 0.755 bits per heavy atom. The van der Waals surface area contributed by atoms with E-state index in [4.69, 9.17) is 11.5 Å². The normalized spacial score (nSPS) is 15.4. The lowest BCUT2D eigenvalue weighted by Crippen LogP contribution is -2.59. The van der Waals surface area contributed by atoms with Gasteiger partial charge in [-0.2, -0.15) is 0 Å². The number of carbonyl (C=O) groups is 6. The van der Waals surface area contributed by atoms with Gasteiger partial charge >= 0.3 is 11.8 Å². The summed E-state index contributed by atoms with van der Waals surface area (Å²) in [7, 11) is 3.01. The van der Waals surface area contributed by atoms with E-state index in [2.05, 4.69) is 21.3 Å². The molecule has 6 amide bonds. The van der Waals surface area contributed by atoms with Gasteiger partial charge in [-0.3, -0.25) is 28.8 Å². The van der Waals surface area contributed by atoms with E-state index in [1.165, 1.54) is 19.0 Å². The molecule has 0 saturated carbocycles. The zero-order valence-electron chi connectivity index (χ0n) is 31.5. The predicted octanol–water partition coefficient (Wildman–Crippen LogP) is 0.624. The molecule has 14 nitrogen and oxygen atoms in total. The maximum atomic E-state index is 13.9. The van der Waals surface area contributed by atoms with Gasteiger partial charge in [-0.15, -0.1) is 0 Å². The molecule has 0 unspecified atom stereocenters. The Morgan fingerprint density at radius 3 is 1.83 bits per heavy atom. The lowest BCUT2D eigenvalue weighted by atomic mass is 9.99. The van der Waals surface area contributed by atoms with Gasteiger partial charge in [0.15, 0.2) is 0 Å². The van der Waals surface area contributed by atoms with E-state index >= 15 is 0 Å². The number of hydrogen-bond acceptors (Lipinski definition) is 8. The summed E-state index contributed by atoms with van der Waals surface area (Å²) in [6.45, 7) is 4.96. The second kappa shape index (κ2) is 21.6. The maximum absolute atomic E-state index is 13.9. The molecular formula is C39H58N8O6.